The zero-order valence-corrected chi connectivity index (χ0v) is 13.9. The quantitative estimate of drug-likeness (QED) is 0.416. The van der Waals surface area contributed by atoms with E-state index in [0.717, 1.165) is 5.52 Å². The molecule has 0 radical (unpaired) electrons. The molecule has 27 heavy (non-hydrogen) atoms. The molecule has 0 aliphatic carbocycles. The van der Waals surface area contributed by atoms with Crippen molar-refractivity contribution in [2.24, 2.45) is 0 Å². The zero-order chi connectivity index (χ0) is 18.8. The Morgan fingerprint density at radius 1 is 1.26 bits per heavy atom. The van der Waals surface area contributed by atoms with Gasteiger partial charge in [0.25, 0.3) is 0 Å². The number of allylic oxidation sites excluding steroid dienone is 1. The van der Waals surface area contributed by atoms with Gasteiger partial charge in [0.05, 0.1) is 16.6 Å². The van der Waals surface area contributed by atoms with Crippen LogP contribution in [0.3, 0.4) is 0 Å². The van der Waals surface area contributed by atoms with E-state index >= 15 is 0 Å². The van der Waals surface area contributed by atoms with Crippen LogP contribution in [0.5, 0.6) is 11.5 Å². The molecule has 2 heterocycles. The third-order valence-corrected chi connectivity index (χ3v) is 3.97. The first-order valence-corrected chi connectivity index (χ1v) is 8.00. The van der Waals surface area contributed by atoms with E-state index in [1.807, 2.05) is 18.2 Å². The fraction of sp³-hybridized carbons (Fsp3) is 0.105. The Bertz CT molecular complexity index is 1080. The number of nitrogens with zero attached hydrogens (tertiary/aromatic N) is 2. The van der Waals surface area contributed by atoms with Crippen LogP contribution in [0.25, 0.3) is 16.6 Å². The monoisotopic (exact) mass is 363 g/mol. The number of aliphatic hydroxyl groups excluding tert-OH is 1. The number of rotatable bonds is 4. The molecule has 1 aliphatic heterocycles. The molecule has 8 nitrogen and oxygen atoms in total. The molecule has 0 saturated carbocycles. The molecule has 0 fully saturated rings. The molecule has 1 aliphatic rings. The number of carbonyl (C=O) groups excluding carboxylic acids is 1. The van der Waals surface area contributed by atoms with Crippen LogP contribution in [0.4, 0.5) is 0 Å². The molecule has 2 aromatic carbocycles. The van der Waals surface area contributed by atoms with Crippen molar-refractivity contribution in [1.29, 1.82) is 5.26 Å². The minimum Gasteiger partial charge on any atom is -0.507 e. The number of benzene rings is 2. The number of nitriles is 1. The normalized spacial score (nSPS) is 13.1. The first-order valence-electron chi connectivity index (χ1n) is 8.00. The molecule has 0 bridgehead atoms. The van der Waals surface area contributed by atoms with Crippen molar-refractivity contribution in [2.75, 3.05) is 13.4 Å². The molecule has 1 aromatic heterocycles. The minimum absolute atomic E-state index is 0.0929. The molecule has 8 heteroatoms. The molecule has 0 unspecified atom stereocenters. The molecule has 134 valence electrons. The summed E-state index contributed by atoms with van der Waals surface area (Å²) in [6.45, 7) is -0.367. The lowest BCUT2D eigenvalue weighted by Gasteiger charge is -2.06. The maximum absolute atomic E-state index is 12.2. The number of imidazole rings is 1. The van der Waals surface area contributed by atoms with Gasteiger partial charge in [0.1, 0.15) is 18.2 Å². The predicted molar refractivity (Wildman–Crippen MR) is 94.1 cm³/mol. The molecule has 0 atom stereocenters. The number of nitrogens with one attached hydrogen (secondary N) is 1. The lowest BCUT2D eigenvalue weighted by molar-refractivity contribution is 0.0502. The van der Waals surface area contributed by atoms with Gasteiger partial charge in [-0.25, -0.2) is 9.78 Å². The average molecular weight is 363 g/mol. The van der Waals surface area contributed by atoms with E-state index in [9.17, 15) is 15.2 Å². The van der Waals surface area contributed by atoms with Crippen molar-refractivity contribution in [1.82, 2.24) is 9.97 Å². The van der Waals surface area contributed by atoms with E-state index in [1.165, 1.54) is 12.1 Å². The summed E-state index contributed by atoms with van der Waals surface area (Å²) in [7, 11) is 0. The third-order valence-electron chi connectivity index (χ3n) is 3.97. The summed E-state index contributed by atoms with van der Waals surface area (Å²) >= 11 is 0. The Labute approximate surface area is 153 Å². The number of para-hydroxylation sites is 2. The van der Waals surface area contributed by atoms with Gasteiger partial charge in [-0.05, 0) is 30.3 Å². The Kier molecular flexibility index (Phi) is 4.10. The minimum atomic E-state index is -0.665. The number of ether oxygens (including phenoxy) is 3. The first-order chi connectivity index (χ1) is 13.2. The highest BCUT2D eigenvalue weighted by atomic mass is 16.7. The fourth-order valence-electron chi connectivity index (χ4n) is 2.64. The number of H-pyrrole nitrogens is 1. The third kappa shape index (κ3) is 3.14. The topological polar surface area (TPSA) is 117 Å². The molecular formula is C19H13N3O5. The Balaban J connectivity index is 1.52. The molecule has 2 N–H and O–H groups in total. The number of hydrogen-bond donors (Lipinski definition) is 2. The lowest BCUT2D eigenvalue weighted by atomic mass is 10.2. The Morgan fingerprint density at radius 2 is 2.07 bits per heavy atom. The summed E-state index contributed by atoms with van der Waals surface area (Å²) in [4.78, 5) is 19.4. The largest absolute Gasteiger partial charge is 0.507 e. The van der Waals surface area contributed by atoms with Crippen LogP contribution in [-0.4, -0.2) is 34.4 Å². The summed E-state index contributed by atoms with van der Waals surface area (Å²) in [6, 6.07) is 13.7. The number of carbonyl (C=O) groups is 1. The standard InChI is InChI=1S/C19H13N3O5/c20-8-12(18-21-13-3-1-2-4-14(13)22-18)15(23)9-25-19(24)11-5-6-16-17(7-11)27-10-26-16/h1-7,23H,9-10H2,(H,21,22)/b15-12-. The van der Waals surface area contributed by atoms with Crippen molar-refractivity contribution in [2.45, 2.75) is 0 Å². The maximum Gasteiger partial charge on any atom is 0.338 e. The number of aromatic nitrogens is 2. The second kappa shape index (κ2) is 6.72. The maximum atomic E-state index is 12.2. The van der Waals surface area contributed by atoms with Gasteiger partial charge in [-0.2, -0.15) is 5.26 Å². The van der Waals surface area contributed by atoms with Gasteiger partial charge in [-0.3, -0.25) is 0 Å². The Morgan fingerprint density at radius 3 is 2.89 bits per heavy atom. The SMILES string of the molecule is N#C/C(=C(/O)COC(=O)c1ccc2c(c1)OCO2)c1nc2ccccc2[nH]1. The number of esters is 1. The number of aromatic amines is 1. The van der Waals surface area contributed by atoms with Gasteiger partial charge in [-0.15, -0.1) is 0 Å². The van der Waals surface area contributed by atoms with E-state index in [-0.39, 0.29) is 23.8 Å². The van der Waals surface area contributed by atoms with Crippen LogP contribution in [0.2, 0.25) is 0 Å². The summed E-state index contributed by atoms with van der Waals surface area (Å²) in [5.41, 5.74) is 1.54. The molecule has 3 aromatic rings. The second-order valence-electron chi connectivity index (χ2n) is 5.68. The highest BCUT2D eigenvalue weighted by Gasteiger charge is 2.19. The van der Waals surface area contributed by atoms with Gasteiger partial charge in [-0.1, -0.05) is 12.1 Å². The van der Waals surface area contributed by atoms with Crippen molar-refractivity contribution in [3.05, 3.63) is 59.6 Å². The molecule has 0 amide bonds. The van der Waals surface area contributed by atoms with Gasteiger partial charge in [0, 0.05) is 0 Å². The summed E-state index contributed by atoms with van der Waals surface area (Å²) in [6.07, 6.45) is 0. The zero-order valence-electron chi connectivity index (χ0n) is 13.9. The number of fused-ring (bicyclic) bond motifs is 2. The van der Waals surface area contributed by atoms with Crippen LogP contribution < -0.4 is 9.47 Å². The van der Waals surface area contributed by atoms with E-state index in [2.05, 4.69) is 9.97 Å². The van der Waals surface area contributed by atoms with Gasteiger partial charge >= 0.3 is 5.97 Å². The van der Waals surface area contributed by atoms with Gasteiger partial charge in [0.2, 0.25) is 6.79 Å². The van der Waals surface area contributed by atoms with Crippen LogP contribution in [0, 0.1) is 11.3 Å². The highest BCUT2D eigenvalue weighted by Crippen LogP contribution is 2.32. The Hall–Kier alpha value is -3.99. The van der Waals surface area contributed by atoms with Crippen molar-refractivity contribution in [3.63, 3.8) is 0 Å². The second-order valence-corrected chi connectivity index (χ2v) is 5.68. The molecule has 0 spiro atoms. The van der Waals surface area contributed by atoms with E-state index in [0.29, 0.717) is 17.0 Å². The van der Waals surface area contributed by atoms with Gasteiger partial charge in [0.15, 0.2) is 23.1 Å². The lowest BCUT2D eigenvalue weighted by Crippen LogP contribution is -2.09. The predicted octanol–water partition coefficient (Wildman–Crippen LogP) is 2.94. The summed E-state index contributed by atoms with van der Waals surface area (Å²) in [5.74, 6) is 0.137. The van der Waals surface area contributed by atoms with Crippen LogP contribution in [0.1, 0.15) is 16.2 Å². The summed E-state index contributed by atoms with van der Waals surface area (Å²) < 4.78 is 15.5. The van der Waals surface area contributed by atoms with Gasteiger partial charge < -0.3 is 24.3 Å². The van der Waals surface area contributed by atoms with Crippen molar-refractivity contribution >= 4 is 22.6 Å². The van der Waals surface area contributed by atoms with Crippen LogP contribution >= 0.6 is 0 Å². The van der Waals surface area contributed by atoms with E-state index in [1.54, 1.807) is 18.2 Å². The number of hydrogen-bond acceptors (Lipinski definition) is 7. The van der Waals surface area contributed by atoms with E-state index < -0.39 is 18.3 Å². The summed E-state index contributed by atoms with van der Waals surface area (Å²) in [5, 5.41) is 19.6. The molecular weight excluding hydrogens is 350 g/mol. The van der Waals surface area contributed by atoms with Crippen LogP contribution in [-0.2, 0) is 4.74 Å². The van der Waals surface area contributed by atoms with Crippen molar-refractivity contribution < 1.29 is 24.1 Å². The molecule has 4 rings (SSSR count). The van der Waals surface area contributed by atoms with Crippen LogP contribution in [0.15, 0.2) is 48.2 Å². The molecule has 0 saturated heterocycles. The smallest absolute Gasteiger partial charge is 0.338 e. The average Bonchev–Trinajstić information content (AvgIpc) is 3.32. The fourth-order valence-corrected chi connectivity index (χ4v) is 2.64. The number of aliphatic hydroxyl groups is 1. The first kappa shape index (κ1) is 16.5. The highest BCUT2D eigenvalue weighted by molar-refractivity contribution is 5.90. The van der Waals surface area contributed by atoms with Crippen molar-refractivity contribution in [3.8, 4) is 17.6 Å². The van der Waals surface area contributed by atoms with E-state index in [4.69, 9.17) is 14.2 Å².